The highest BCUT2D eigenvalue weighted by molar-refractivity contribution is 6.05. The average molecular weight is 448 g/mol. The first-order chi connectivity index (χ1) is 16.0. The van der Waals surface area contributed by atoms with Gasteiger partial charge in [0.25, 0.3) is 5.91 Å². The third-order valence-corrected chi connectivity index (χ3v) is 6.35. The molecule has 2 atom stereocenters. The number of hydrogen-bond donors (Lipinski definition) is 2. The van der Waals surface area contributed by atoms with Gasteiger partial charge < -0.3 is 19.9 Å². The maximum absolute atomic E-state index is 13.1. The van der Waals surface area contributed by atoms with Crippen LogP contribution in [0.1, 0.15) is 40.4 Å². The minimum absolute atomic E-state index is 0.182. The van der Waals surface area contributed by atoms with Crippen LogP contribution in [0.3, 0.4) is 0 Å². The molecule has 0 saturated carbocycles. The fraction of sp³-hybridized carbons (Fsp3) is 0.333. The van der Waals surface area contributed by atoms with Crippen molar-refractivity contribution in [3.63, 3.8) is 0 Å². The maximum atomic E-state index is 13.1. The van der Waals surface area contributed by atoms with Gasteiger partial charge in [0, 0.05) is 30.8 Å². The van der Waals surface area contributed by atoms with Crippen molar-refractivity contribution in [2.45, 2.75) is 31.5 Å². The van der Waals surface area contributed by atoms with E-state index in [1.54, 1.807) is 23.1 Å². The van der Waals surface area contributed by atoms with Crippen LogP contribution in [-0.2, 0) is 20.9 Å². The lowest BCUT2D eigenvalue weighted by atomic mass is 10.0. The molecule has 170 valence electrons. The number of imide groups is 1. The summed E-state index contributed by atoms with van der Waals surface area (Å²) in [6.45, 7) is 1.62. The maximum Gasteiger partial charge on any atom is 0.322 e. The Morgan fingerprint density at radius 3 is 2.67 bits per heavy atom. The Bertz CT molecular complexity index is 1120. The number of piperidine rings is 1. The summed E-state index contributed by atoms with van der Waals surface area (Å²) in [6.07, 6.45) is 0.520. The van der Waals surface area contributed by atoms with Crippen molar-refractivity contribution < 1.29 is 23.9 Å². The average Bonchev–Trinajstić information content (AvgIpc) is 3.15. The molecule has 9 nitrogen and oxygen atoms in total. The van der Waals surface area contributed by atoms with Crippen molar-refractivity contribution in [1.29, 1.82) is 0 Å². The van der Waals surface area contributed by atoms with Crippen LogP contribution in [0, 0.1) is 0 Å². The predicted molar refractivity (Wildman–Crippen MR) is 118 cm³/mol. The van der Waals surface area contributed by atoms with E-state index in [4.69, 9.17) is 4.74 Å². The molecule has 2 aromatic rings. The Hall–Kier alpha value is -3.72. The topological polar surface area (TPSA) is 108 Å². The zero-order chi connectivity index (χ0) is 22.9. The SMILES string of the molecule is O=C1CCC(N2Cc3cc(NC(=O)N4CCOCC4c4ccccc4)ccc3C2=O)C(=O)N1. The van der Waals surface area contributed by atoms with E-state index < -0.39 is 11.9 Å². The number of ether oxygens (including phenoxy) is 1. The lowest BCUT2D eigenvalue weighted by Crippen LogP contribution is -2.52. The predicted octanol–water partition coefficient (Wildman–Crippen LogP) is 2.05. The van der Waals surface area contributed by atoms with E-state index >= 15 is 0 Å². The van der Waals surface area contributed by atoms with Crippen LogP contribution >= 0.6 is 0 Å². The van der Waals surface area contributed by atoms with Gasteiger partial charge in [0.1, 0.15) is 6.04 Å². The molecular formula is C24H24N4O5. The summed E-state index contributed by atoms with van der Waals surface area (Å²) < 4.78 is 5.61. The molecule has 2 aromatic carbocycles. The minimum atomic E-state index is -0.666. The number of fused-ring (bicyclic) bond motifs is 1. The van der Waals surface area contributed by atoms with Crippen LogP contribution in [0.5, 0.6) is 0 Å². The molecule has 2 saturated heterocycles. The van der Waals surface area contributed by atoms with E-state index in [2.05, 4.69) is 10.6 Å². The van der Waals surface area contributed by atoms with Gasteiger partial charge in [-0.1, -0.05) is 30.3 Å². The van der Waals surface area contributed by atoms with Gasteiger partial charge in [-0.3, -0.25) is 19.7 Å². The van der Waals surface area contributed by atoms with E-state index in [0.29, 0.717) is 37.4 Å². The van der Waals surface area contributed by atoms with Gasteiger partial charge in [-0.15, -0.1) is 0 Å². The number of morpholine rings is 1. The highest BCUT2D eigenvalue weighted by Gasteiger charge is 2.39. The van der Waals surface area contributed by atoms with Gasteiger partial charge >= 0.3 is 6.03 Å². The van der Waals surface area contributed by atoms with Crippen molar-refractivity contribution in [3.05, 3.63) is 65.2 Å². The zero-order valence-corrected chi connectivity index (χ0v) is 18.0. The molecule has 5 amide bonds. The fourth-order valence-electron chi connectivity index (χ4n) is 4.65. The van der Waals surface area contributed by atoms with Gasteiger partial charge in [0.05, 0.1) is 19.3 Å². The molecule has 2 unspecified atom stereocenters. The number of anilines is 1. The Morgan fingerprint density at radius 2 is 1.88 bits per heavy atom. The first-order valence-electron chi connectivity index (χ1n) is 11.0. The normalized spacial score (nSPS) is 22.7. The molecule has 0 radical (unpaired) electrons. The van der Waals surface area contributed by atoms with Crippen molar-refractivity contribution in [2.75, 3.05) is 25.1 Å². The summed E-state index contributed by atoms with van der Waals surface area (Å²) in [7, 11) is 0. The smallest absolute Gasteiger partial charge is 0.322 e. The first kappa shape index (κ1) is 21.1. The molecule has 5 rings (SSSR count). The van der Waals surface area contributed by atoms with Gasteiger partial charge in [-0.05, 0) is 35.7 Å². The lowest BCUT2D eigenvalue weighted by molar-refractivity contribution is -0.136. The second kappa shape index (κ2) is 8.67. The van der Waals surface area contributed by atoms with Gasteiger partial charge in [-0.2, -0.15) is 0 Å². The van der Waals surface area contributed by atoms with Crippen LogP contribution in [0.15, 0.2) is 48.5 Å². The Labute approximate surface area is 190 Å². The fourth-order valence-corrected chi connectivity index (χ4v) is 4.65. The first-order valence-corrected chi connectivity index (χ1v) is 11.0. The molecular weight excluding hydrogens is 424 g/mol. The largest absolute Gasteiger partial charge is 0.377 e. The van der Waals surface area contributed by atoms with Crippen molar-refractivity contribution in [1.82, 2.24) is 15.1 Å². The number of rotatable bonds is 3. The van der Waals surface area contributed by atoms with E-state index in [-0.39, 0.29) is 36.9 Å². The molecule has 0 bridgehead atoms. The molecule has 0 aliphatic carbocycles. The summed E-state index contributed by atoms with van der Waals surface area (Å²) in [6, 6.07) is 13.8. The molecule has 33 heavy (non-hydrogen) atoms. The number of carbonyl (C=O) groups excluding carboxylic acids is 4. The third-order valence-electron chi connectivity index (χ3n) is 6.35. The highest BCUT2D eigenvalue weighted by Crippen LogP contribution is 2.30. The van der Waals surface area contributed by atoms with Gasteiger partial charge in [0.2, 0.25) is 11.8 Å². The van der Waals surface area contributed by atoms with Crippen LogP contribution in [-0.4, -0.2) is 59.4 Å². The quantitative estimate of drug-likeness (QED) is 0.699. The summed E-state index contributed by atoms with van der Waals surface area (Å²) in [5.41, 5.74) is 2.83. The van der Waals surface area contributed by atoms with Crippen LogP contribution in [0.25, 0.3) is 0 Å². The second-order valence-corrected chi connectivity index (χ2v) is 8.40. The minimum Gasteiger partial charge on any atom is -0.377 e. The van der Waals surface area contributed by atoms with Crippen LogP contribution < -0.4 is 10.6 Å². The number of urea groups is 1. The van der Waals surface area contributed by atoms with E-state index in [0.717, 1.165) is 11.1 Å². The summed E-state index contributed by atoms with van der Waals surface area (Å²) in [5, 5.41) is 5.24. The third kappa shape index (κ3) is 4.07. The standard InChI is InChI=1S/C24H24N4O5/c29-21-9-8-19(22(30)26-21)28-13-16-12-17(6-7-18(16)23(28)31)25-24(32)27-10-11-33-14-20(27)15-4-2-1-3-5-15/h1-7,12,19-20H,8-11,13-14H2,(H,25,32)(H,26,29,30). The number of nitrogens with zero attached hydrogens (tertiary/aromatic N) is 2. The summed E-state index contributed by atoms with van der Waals surface area (Å²) >= 11 is 0. The zero-order valence-electron chi connectivity index (χ0n) is 18.0. The molecule has 3 heterocycles. The summed E-state index contributed by atoms with van der Waals surface area (Å²) in [4.78, 5) is 52.9. The number of nitrogens with one attached hydrogen (secondary N) is 2. The number of benzene rings is 2. The van der Waals surface area contributed by atoms with Crippen molar-refractivity contribution in [2.24, 2.45) is 0 Å². The van der Waals surface area contributed by atoms with E-state index in [9.17, 15) is 19.2 Å². The van der Waals surface area contributed by atoms with Crippen LogP contribution in [0.4, 0.5) is 10.5 Å². The molecule has 2 N–H and O–H groups in total. The molecule has 9 heteroatoms. The van der Waals surface area contributed by atoms with Crippen molar-refractivity contribution in [3.8, 4) is 0 Å². The molecule has 0 aromatic heterocycles. The number of carbonyl (C=O) groups is 4. The monoisotopic (exact) mass is 448 g/mol. The number of hydrogen-bond acceptors (Lipinski definition) is 5. The van der Waals surface area contributed by atoms with E-state index in [1.807, 2.05) is 30.3 Å². The Kier molecular flexibility index (Phi) is 5.55. The Balaban J connectivity index is 1.30. The lowest BCUT2D eigenvalue weighted by Gasteiger charge is -2.35. The molecule has 3 aliphatic rings. The van der Waals surface area contributed by atoms with E-state index in [1.165, 1.54) is 4.90 Å². The van der Waals surface area contributed by atoms with Crippen molar-refractivity contribution >= 4 is 29.4 Å². The van der Waals surface area contributed by atoms with Gasteiger partial charge in [0.15, 0.2) is 0 Å². The second-order valence-electron chi connectivity index (χ2n) is 8.40. The molecule has 0 spiro atoms. The Morgan fingerprint density at radius 1 is 1.06 bits per heavy atom. The van der Waals surface area contributed by atoms with Gasteiger partial charge in [-0.25, -0.2) is 4.79 Å². The molecule has 2 fully saturated rings. The summed E-state index contributed by atoms with van der Waals surface area (Å²) in [5.74, 6) is -1.00. The van der Waals surface area contributed by atoms with Crippen LogP contribution in [0.2, 0.25) is 0 Å². The highest BCUT2D eigenvalue weighted by atomic mass is 16.5. The number of amides is 5. The molecule has 3 aliphatic heterocycles.